The van der Waals surface area contributed by atoms with Crippen LogP contribution in [0.1, 0.15) is 36.8 Å². The molecular weight excluding hydrogens is 326 g/mol. The Morgan fingerprint density at radius 2 is 2.00 bits per heavy atom. The highest BCUT2D eigenvalue weighted by Gasteiger charge is 2.33. The number of hydrogen-bond acceptors (Lipinski definition) is 3. The molecule has 128 valence electrons. The molecule has 1 aromatic carbocycles. The molecule has 2 aromatic rings. The summed E-state index contributed by atoms with van der Waals surface area (Å²) in [6.07, 6.45) is 1.87. The van der Waals surface area contributed by atoms with Crippen molar-refractivity contribution in [1.82, 2.24) is 15.4 Å². The number of nitrogens with zero attached hydrogens (tertiary/aromatic N) is 2. The lowest BCUT2D eigenvalue weighted by Gasteiger charge is -2.39. The molecule has 24 heavy (non-hydrogen) atoms. The van der Waals surface area contributed by atoms with E-state index in [4.69, 9.17) is 16.1 Å². The van der Waals surface area contributed by atoms with Crippen molar-refractivity contribution in [2.24, 2.45) is 0 Å². The maximum Gasteiger partial charge on any atom is 0.317 e. The van der Waals surface area contributed by atoms with Crippen LogP contribution in [0, 0.1) is 6.92 Å². The summed E-state index contributed by atoms with van der Waals surface area (Å²) < 4.78 is 5.11. The quantitative estimate of drug-likeness (QED) is 0.916. The number of hydrogen-bond donors (Lipinski definition) is 1. The Hall–Kier alpha value is -2.01. The van der Waals surface area contributed by atoms with Gasteiger partial charge < -0.3 is 14.7 Å². The molecule has 5 nitrogen and oxygen atoms in total. The minimum atomic E-state index is -0.0535. The number of amides is 2. The number of nitrogens with one attached hydrogen (secondary N) is 1. The van der Waals surface area contributed by atoms with Crippen LogP contribution < -0.4 is 5.32 Å². The van der Waals surface area contributed by atoms with E-state index in [-0.39, 0.29) is 11.4 Å². The maximum atomic E-state index is 12.3. The summed E-state index contributed by atoms with van der Waals surface area (Å²) in [7, 11) is 0. The number of rotatable bonds is 3. The molecular formula is C18H22ClN3O2. The van der Waals surface area contributed by atoms with Gasteiger partial charge in [0.2, 0.25) is 0 Å². The lowest BCUT2D eigenvalue weighted by atomic mass is 9.74. The summed E-state index contributed by atoms with van der Waals surface area (Å²) >= 11 is 5.97. The van der Waals surface area contributed by atoms with Gasteiger partial charge in [-0.15, -0.1) is 0 Å². The van der Waals surface area contributed by atoms with Crippen molar-refractivity contribution >= 4 is 17.6 Å². The standard InChI is InChI=1S/C18H22ClN3O2/c1-13-11-16(24-21-13)12-20-17(23)22-9-7-18(2,8-10-22)14-3-5-15(19)6-4-14/h3-6,11H,7-10,12H2,1-2H3,(H,20,23). The Labute approximate surface area is 147 Å². The first-order valence-electron chi connectivity index (χ1n) is 8.17. The molecule has 0 unspecified atom stereocenters. The highest BCUT2D eigenvalue weighted by Crippen LogP contribution is 2.35. The fraction of sp³-hybridized carbons (Fsp3) is 0.444. The zero-order valence-corrected chi connectivity index (χ0v) is 14.8. The molecule has 2 amide bonds. The summed E-state index contributed by atoms with van der Waals surface area (Å²) in [5.41, 5.74) is 2.18. The average molecular weight is 348 g/mol. The average Bonchev–Trinajstić information content (AvgIpc) is 2.99. The molecule has 0 aliphatic carbocycles. The van der Waals surface area contributed by atoms with E-state index in [0.717, 1.165) is 36.6 Å². The van der Waals surface area contributed by atoms with E-state index < -0.39 is 0 Å². The molecule has 1 N–H and O–H groups in total. The number of likely N-dealkylation sites (tertiary alicyclic amines) is 1. The molecule has 1 saturated heterocycles. The topological polar surface area (TPSA) is 58.4 Å². The van der Waals surface area contributed by atoms with E-state index in [9.17, 15) is 4.79 Å². The van der Waals surface area contributed by atoms with Gasteiger partial charge in [-0.25, -0.2) is 4.79 Å². The summed E-state index contributed by atoms with van der Waals surface area (Å²) in [4.78, 5) is 14.2. The van der Waals surface area contributed by atoms with Crippen LogP contribution in [0.2, 0.25) is 5.02 Å². The van der Waals surface area contributed by atoms with Gasteiger partial charge in [-0.1, -0.05) is 35.8 Å². The van der Waals surface area contributed by atoms with Crippen LogP contribution in [0.4, 0.5) is 4.79 Å². The van der Waals surface area contributed by atoms with Crippen LogP contribution in [0.25, 0.3) is 0 Å². The van der Waals surface area contributed by atoms with Crippen LogP contribution in [0.15, 0.2) is 34.9 Å². The third-order valence-electron chi connectivity index (χ3n) is 4.79. The number of carbonyl (C=O) groups is 1. The van der Waals surface area contributed by atoms with Gasteiger partial charge >= 0.3 is 6.03 Å². The second kappa shape index (κ2) is 6.85. The number of carbonyl (C=O) groups excluding carboxylic acids is 1. The molecule has 0 radical (unpaired) electrons. The molecule has 1 aliphatic heterocycles. The van der Waals surface area contributed by atoms with Gasteiger partial charge in [0.25, 0.3) is 0 Å². The normalized spacial score (nSPS) is 16.9. The number of aromatic nitrogens is 1. The van der Waals surface area contributed by atoms with Gasteiger partial charge in [0.1, 0.15) is 0 Å². The minimum absolute atomic E-state index is 0.0535. The summed E-state index contributed by atoms with van der Waals surface area (Å²) in [5.74, 6) is 0.670. The summed E-state index contributed by atoms with van der Waals surface area (Å²) in [6, 6.07) is 9.81. The van der Waals surface area contributed by atoms with E-state index in [1.54, 1.807) is 0 Å². The van der Waals surface area contributed by atoms with Gasteiger partial charge in [-0.05, 0) is 42.9 Å². The van der Waals surface area contributed by atoms with Crippen LogP contribution in [0.3, 0.4) is 0 Å². The maximum absolute atomic E-state index is 12.3. The van der Waals surface area contributed by atoms with E-state index in [1.165, 1.54) is 5.56 Å². The number of piperidine rings is 1. The zero-order valence-electron chi connectivity index (χ0n) is 14.0. The van der Waals surface area contributed by atoms with Crippen molar-refractivity contribution in [1.29, 1.82) is 0 Å². The minimum Gasteiger partial charge on any atom is -0.359 e. The van der Waals surface area contributed by atoms with Crippen molar-refractivity contribution < 1.29 is 9.32 Å². The first-order valence-corrected chi connectivity index (χ1v) is 8.55. The van der Waals surface area contributed by atoms with Crippen molar-refractivity contribution in [2.75, 3.05) is 13.1 Å². The SMILES string of the molecule is Cc1cc(CNC(=O)N2CCC(C)(c3ccc(Cl)cc3)CC2)on1. The predicted octanol–water partition coefficient (Wildman–Crippen LogP) is 3.90. The molecule has 1 aromatic heterocycles. The van der Waals surface area contributed by atoms with Gasteiger partial charge in [0.15, 0.2) is 5.76 Å². The Morgan fingerprint density at radius 3 is 2.58 bits per heavy atom. The fourth-order valence-electron chi connectivity index (χ4n) is 3.12. The lowest BCUT2D eigenvalue weighted by Crippen LogP contribution is -2.47. The fourth-order valence-corrected chi connectivity index (χ4v) is 3.24. The van der Waals surface area contributed by atoms with Crippen molar-refractivity contribution in [2.45, 2.75) is 38.6 Å². The lowest BCUT2D eigenvalue weighted by molar-refractivity contribution is 0.161. The summed E-state index contributed by atoms with van der Waals surface area (Å²) in [6.45, 7) is 5.95. The Kier molecular flexibility index (Phi) is 4.81. The van der Waals surface area contributed by atoms with Gasteiger partial charge in [0.05, 0.1) is 12.2 Å². The predicted molar refractivity (Wildman–Crippen MR) is 93.1 cm³/mol. The number of halogens is 1. The molecule has 0 spiro atoms. The molecule has 2 heterocycles. The molecule has 6 heteroatoms. The smallest absolute Gasteiger partial charge is 0.317 e. The van der Waals surface area contributed by atoms with E-state index in [1.807, 2.05) is 30.0 Å². The second-order valence-electron chi connectivity index (χ2n) is 6.65. The monoisotopic (exact) mass is 347 g/mol. The Bertz CT molecular complexity index is 703. The molecule has 3 rings (SSSR count). The Morgan fingerprint density at radius 1 is 1.33 bits per heavy atom. The first-order chi connectivity index (χ1) is 11.5. The molecule has 1 aliphatic rings. The van der Waals surface area contributed by atoms with Crippen molar-refractivity contribution in [3.63, 3.8) is 0 Å². The highest BCUT2D eigenvalue weighted by molar-refractivity contribution is 6.30. The third kappa shape index (κ3) is 3.73. The van der Waals surface area contributed by atoms with E-state index >= 15 is 0 Å². The third-order valence-corrected chi connectivity index (χ3v) is 5.04. The van der Waals surface area contributed by atoms with E-state index in [2.05, 4.69) is 29.5 Å². The van der Waals surface area contributed by atoms with Gasteiger partial charge in [-0.3, -0.25) is 0 Å². The van der Waals surface area contributed by atoms with Crippen LogP contribution in [0.5, 0.6) is 0 Å². The number of benzene rings is 1. The van der Waals surface area contributed by atoms with E-state index in [0.29, 0.717) is 12.3 Å². The largest absolute Gasteiger partial charge is 0.359 e. The number of urea groups is 1. The molecule has 0 saturated carbocycles. The van der Waals surface area contributed by atoms with Gasteiger partial charge in [-0.2, -0.15) is 0 Å². The molecule has 0 bridgehead atoms. The highest BCUT2D eigenvalue weighted by atomic mass is 35.5. The Balaban J connectivity index is 1.54. The first kappa shape index (κ1) is 16.8. The summed E-state index contributed by atoms with van der Waals surface area (Å²) in [5, 5.41) is 7.46. The zero-order chi connectivity index (χ0) is 17.2. The number of aryl methyl sites for hydroxylation is 1. The molecule has 0 atom stereocenters. The van der Waals surface area contributed by atoms with Crippen molar-refractivity contribution in [3.8, 4) is 0 Å². The van der Waals surface area contributed by atoms with Crippen LogP contribution in [-0.4, -0.2) is 29.2 Å². The van der Waals surface area contributed by atoms with Crippen molar-refractivity contribution in [3.05, 3.63) is 52.4 Å². The molecule has 1 fully saturated rings. The van der Waals surface area contributed by atoms with Crippen LogP contribution in [-0.2, 0) is 12.0 Å². The van der Waals surface area contributed by atoms with Gasteiger partial charge in [0, 0.05) is 24.2 Å². The van der Waals surface area contributed by atoms with Crippen LogP contribution >= 0.6 is 11.6 Å². The second-order valence-corrected chi connectivity index (χ2v) is 7.08.